The van der Waals surface area contributed by atoms with E-state index >= 15 is 0 Å². The molecule has 0 amide bonds. The summed E-state index contributed by atoms with van der Waals surface area (Å²) in [6, 6.07) is 9.14. The maximum absolute atomic E-state index is 9.31. The van der Waals surface area contributed by atoms with Crippen molar-refractivity contribution < 1.29 is 0 Å². The maximum atomic E-state index is 9.31. The molecule has 1 fully saturated rings. The van der Waals surface area contributed by atoms with Crippen LogP contribution >= 0.6 is 23.1 Å². The van der Waals surface area contributed by atoms with Crippen LogP contribution in [-0.2, 0) is 6.42 Å². The van der Waals surface area contributed by atoms with E-state index in [-0.39, 0.29) is 5.92 Å². The molecule has 5 nitrogen and oxygen atoms in total. The summed E-state index contributed by atoms with van der Waals surface area (Å²) in [5.74, 6) is 1.59. The van der Waals surface area contributed by atoms with Crippen molar-refractivity contribution in [2.45, 2.75) is 62.6 Å². The summed E-state index contributed by atoms with van der Waals surface area (Å²) in [5, 5.41) is 30.0. The Kier molecular flexibility index (Phi) is 7.11. The molecule has 3 rings (SSSR count). The number of thioether (sulfide) groups is 1. The Morgan fingerprint density at radius 3 is 2.81 bits per heavy atom. The summed E-state index contributed by atoms with van der Waals surface area (Å²) in [6.45, 7) is 0. The molecule has 26 heavy (non-hydrogen) atoms. The molecular formula is C19H23N5S2. The number of nitriles is 2. The predicted octanol–water partition coefficient (Wildman–Crippen LogP) is 4.97. The lowest BCUT2D eigenvalue weighted by Gasteiger charge is -2.25. The molecule has 0 unspecified atom stereocenters. The molecule has 0 bridgehead atoms. The van der Waals surface area contributed by atoms with Gasteiger partial charge in [-0.15, -0.1) is 21.5 Å². The minimum Gasteiger partial charge on any atom is -0.303 e. The van der Waals surface area contributed by atoms with Crippen molar-refractivity contribution in [2.24, 2.45) is 5.92 Å². The smallest absolute Gasteiger partial charge is 0.191 e. The van der Waals surface area contributed by atoms with Crippen LogP contribution in [0.15, 0.2) is 22.7 Å². The van der Waals surface area contributed by atoms with Crippen LogP contribution in [0.2, 0.25) is 0 Å². The van der Waals surface area contributed by atoms with Gasteiger partial charge < -0.3 is 4.57 Å². The Balaban J connectivity index is 1.76. The Labute approximate surface area is 163 Å². The molecule has 0 saturated heterocycles. The second-order valence-corrected chi connectivity index (χ2v) is 8.67. The molecule has 1 atom stereocenters. The highest BCUT2D eigenvalue weighted by molar-refractivity contribution is 7.99. The van der Waals surface area contributed by atoms with Crippen LogP contribution in [0.3, 0.4) is 0 Å². The highest BCUT2D eigenvalue weighted by Crippen LogP contribution is 2.34. The molecule has 136 valence electrons. The van der Waals surface area contributed by atoms with Crippen molar-refractivity contribution in [1.82, 2.24) is 14.8 Å². The van der Waals surface area contributed by atoms with Crippen molar-refractivity contribution in [3.05, 3.63) is 28.2 Å². The van der Waals surface area contributed by atoms with Gasteiger partial charge in [-0.2, -0.15) is 10.5 Å². The van der Waals surface area contributed by atoms with Crippen LogP contribution in [0, 0.1) is 28.6 Å². The first-order valence-electron chi connectivity index (χ1n) is 9.17. The lowest BCUT2D eigenvalue weighted by atomic mass is 9.95. The molecule has 2 aromatic heterocycles. The number of nitrogens with zero attached hydrogens (tertiary/aromatic N) is 5. The number of hydrogen-bond acceptors (Lipinski definition) is 6. The van der Waals surface area contributed by atoms with E-state index in [1.54, 1.807) is 23.1 Å². The van der Waals surface area contributed by atoms with E-state index in [1.807, 2.05) is 0 Å². The fourth-order valence-electron chi connectivity index (χ4n) is 3.40. The van der Waals surface area contributed by atoms with Gasteiger partial charge in [0.2, 0.25) is 0 Å². The molecule has 1 saturated carbocycles. The monoisotopic (exact) mass is 385 g/mol. The minimum absolute atomic E-state index is 0.114. The molecule has 0 aromatic carbocycles. The quantitative estimate of drug-likeness (QED) is 0.599. The van der Waals surface area contributed by atoms with E-state index in [4.69, 9.17) is 5.26 Å². The van der Waals surface area contributed by atoms with Gasteiger partial charge in [0.15, 0.2) is 5.16 Å². The van der Waals surface area contributed by atoms with Gasteiger partial charge in [-0.3, -0.25) is 0 Å². The number of thiophene rings is 1. The Morgan fingerprint density at radius 1 is 1.27 bits per heavy atom. The van der Waals surface area contributed by atoms with Crippen molar-refractivity contribution in [3.8, 4) is 12.1 Å². The van der Waals surface area contributed by atoms with Crippen LogP contribution in [0.5, 0.6) is 0 Å². The third kappa shape index (κ3) is 4.87. The Bertz CT molecular complexity index is 763. The van der Waals surface area contributed by atoms with Crippen molar-refractivity contribution in [2.75, 3.05) is 5.75 Å². The number of hydrogen-bond donors (Lipinski definition) is 0. The van der Waals surface area contributed by atoms with Crippen molar-refractivity contribution in [1.29, 1.82) is 10.5 Å². The van der Waals surface area contributed by atoms with Crippen molar-refractivity contribution >= 4 is 23.1 Å². The average Bonchev–Trinajstić information content (AvgIpc) is 3.33. The zero-order chi connectivity index (χ0) is 18.2. The summed E-state index contributed by atoms with van der Waals surface area (Å²) in [5.41, 5.74) is 0. The normalized spacial score (nSPS) is 16.1. The first-order chi connectivity index (χ1) is 12.8. The van der Waals surface area contributed by atoms with Crippen LogP contribution in [0.1, 0.15) is 61.7 Å². The standard InChI is InChI=1S/C19H23N5S2/c20-10-4-6-15(13-21)14-26-19-23-22-18(12-17-9-5-11-25-17)24(19)16-7-2-1-3-8-16/h5,9,11,15-16H,1-4,6-8,12,14H2/t15-/m0/s1. The highest BCUT2D eigenvalue weighted by atomic mass is 32.2. The molecular weight excluding hydrogens is 362 g/mol. The molecule has 1 aliphatic carbocycles. The van der Waals surface area contributed by atoms with Gasteiger partial charge in [0.25, 0.3) is 0 Å². The Morgan fingerprint density at radius 2 is 2.12 bits per heavy atom. The van der Waals surface area contributed by atoms with Crippen LogP contribution in [0.4, 0.5) is 0 Å². The van der Waals surface area contributed by atoms with E-state index in [0.29, 0.717) is 24.6 Å². The summed E-state index contributed by atoms with van der Waals surface area (Å²) < 4.78 is 2.34. The van der Waals surface area contributed by atoms with E-state index < -0.39 is 0 Å². The summed E-state index contributed by atoms with van der Waals surface area (Å²) in [4.78, 5) is 1.30. The van der Waals surface area contributed by atoms with Crippen LogP contribution in [0.25, 0.3) is 0 Å². The predicted molar refractivity (Wildman–Crippen MR) is 104 cm³/mol. The molecule has 2 heterocycles. The topological polar surface area (TPSA) is 78.3 Å². The highest BCUT2D eigenvalue weighted by Gasteiger charge is 2.24. The van der Waals surface area contributed by atoms with Crippen LogP contribution in [-0.4, -0.2) is 20.5 Å². The molecule has 1 aliphatic rings. The number of aromatic nitrogens is 3. The summed E-state index contributed by atoms with van der Waals surface area (Å²) >= 11 is 3.37. The second kappa shape index (κ2) is 9.75. The molecule has 7 heteroatoms. The first-order valence-corrected chi connectivity index (χ1v) is 11.0. The van der Waals surface area contributed by atoms with E-state index in [2.05, 4.69) is 44.4 Å². The summed E-state index contributed by atoms with van der Waals surface area (Å²) in [6.07, 6.45) is 8.06. The fourth-order valence-corrected chi connectivity index (χ4v) is 5.19. The molecule has 2 aromatic rings. The van der Waals surface area contributed by atoms with Gasteiger partial charge in [0.05, 0.1) is 18.1 Å². The maximum Gasteiger partial charge on any atom is 0.191 e. The van der Waals surface area contributed by atoms with Gasteiger partial charge in [0.1, 0.15) is 5.82 Å². The number of rotatable bonds is 8. The third-order valence-corrected chi connectivity index (χ3v) is 6.77. The zero-order valence-corrected chi connectivity index (χ0v) is 16.4. The first kappa shape index (κ1) is 18.9. The fraction of sp³-hybridized carbons (Fsp3) is 0.579. The van der Waals surface area contributed by atoms with Crippen LogP contribution < -0.4 is 0 Å². The molecule has 0 aliphatic heterocycles. The van der Waals surface area contributed by atoms with E-state index in [9.17, 15) is 5.26 Å². The van der Waals surface area contributed by atoms with Gasteiger partial charge >= 0.3 is 0 Å². The van der Waals surface area contributed by atoms with E-state index in [1.165, 1.54) is 37.0 Å². The summed E-state index contributed by atoms with van der Waals surface area (Å²) in [7, 11) is 0. The Hall–Kier alpha value is -1.83. The minimum atomic E-state index is -0.114. The largest absolute Gasteiger partial charge is 0.303 e. The average molecular weight is 386 g/mol. The third-order valence-electron chi connectivity index (χ3n) is 4.79. The molecule has 0 spiro atoms. The SMILES string of the molecule is N#CCC[C@@H](C#N)CSc1nnc(Cc2cccs2)n1C1CCCCC1. The second-order valence-electron chi connectivity index (χ2n) is 6.65. The molecule has 0 N–H and O–H groups in total. The lowest BCUT2D eigenvalue weighted by Crippen LogP contribution is -2.17. The lowest BCUT2D eigenvalue weighted by molar-refractivity contribution is 0.330. The molecule has 0 radical (unpaired) electrons. The van der Waals surface area contributed by atoms with Gasteiger partial charge in [0, 0.05) is 29.5 Å². The van der Waals surface area contributed by atoms with Crippen molar-refractivity contribution in [3.63, 3.8) is 0 Å². The van der Waals surface area contributed by atoms with Gasteiger partial charge in [-0.05, 0) is 30.7 Å². The van der Waals surface area contributed by atoms with Gasteiger partial charge in [-0.1, -0.05) is 37.1 Å². The zero-order valence-electron chi connectivity index (χ0n) is 14.8. The van der Waals surface area contributed by atoms with E-state index in [0.717, 1.165) is 17.4 Å². The van der Waals surface area contributed by atoms with Gasteiger partial charge in [-0.25, -0.2) is 0 Å².